The molecule has 1 heterocycles. The minimum Gasteiger partial charge on any atom is -0.333 e. The Bertz CT molecular complexity index is 447. The Morgan fingerprint density at radius 3 is 2.59 bits per heavy atom. The lowest BCUT2D eigenvalue weighted by molar-refractivity contribution is -0.134. The zero-order valence-electron chi connectivity index (χ0n) is 13.8. The standard InChI is InChI=1S/C18H28N2O.ClH/c1-3-5-6-7-18(21)20-13-12-19-14-17(20)16-10-8-15(4-2)9-11-16;/h8-11,17,19H,3-7,12-14H2,1-2H3;1H. The van der Waals surface area contributed by atoms with E-state index in [1.54, 1.807) is 0 Å². The van der Waals surface area contributed by atoms with E-state index < -0.39 is 0 Å². The molecule has 0 bridgehead atoms. The summed E-state index contributed by atoms with van der Waals surface area (Å²) in [6, 6.07) is 8.93. The number of benzene rings is 1. The van der Waals surface area contributed by atoms with E-state index in [4.69, 9.17) is 0 Å². The first kappa shape index (κ1) is 19.0. The molecule has 1 amide bonds. The molecule has 22 heavy (non-hydrogen) atoms. The van der Waals surface area contributed by atoms with E-state index in [1.807, 2.05) is 0 Å². The molecule has 124 valence electrons. The molecular formula is C18H29ClN2O. The van der Waals surface area contributed by atoms with Crippen LogP contribution in [0.15, 0.2) is 24.3 Å². The molecule has 1 N–H and O–H groups in total. The van der Waals surface area contributed by atoms with Crippen LogP contribution in [0.1, 0.15) is 56.7 Å². The average Bonchev–Trinajstić information content (AvgIpc) is 2.55. The third kappa shape index (κ3) is 4.99. The van der Waals surface area contributed by atoms with Gasteiger partial charge < -0.3 is 10.2 Å². The molecule has 2 rings (SSSR count). The van der Waals surface area contributed by atoms with Crippen LogP contribution in [0.2, 0.25) is 0 Å². The highest BCUT2D eigenvalue weighted by Gasteiger charge is 2.27. The lowest BCUT2D eigenvalue weighted by Gasteiger charge is -2.36. The van der Waals surface area contributed by atoms with Crippen LogP contribution >= 0.6 is 12.4 Å². The maximum Gasteiger partial charge on any atom is 0.223 e. The molecule has 1 aliphatic rings. The van der Waals surface area contributed by atoms with Gasteiger partial charge in [0, 0.05) is 26.1 Å². The molecule has 0 spiro atoms. The summed E-state index contributed by atoms with van der Waals surface area (Å²) < 4.78 is 0. The van der Waals surface area contributed by atoms with Gasteiger partial charge in [-0.2, -0.15) is 0 Å². The van der Waals surface area contributed by atoms with Crippen LogP contribution in [-0.2, 0) is 11.2 Å². The Hall–Kier alpha value is -1.06. The number of hydrogen-bond acceptors (Lipinski definition) is 2. The van der Waals surface area contributed by atoms with Crippen molar-refractivity contribution < 1.29 is 4.79 Å². The zero-order valence-corrected chi connectivity index (χ0v) is 14.6. The van der Waals surface area contributed by atoms with Crippen molar-refractivity contribution in [1.29, 1.82) is 0 Å². The predicted molar refractivity (Wildman–Crippen MR) is 94.5 cm³/mol. The third-order valence-electron chi connectivity index (χ3n) is 4.33. The highest BCUT2D eigenvalue weighted by atomic mass is 35.5. The van der Waals surface area contributed by atoms with E-state index in [0.717, 1.165) is 45.3 Å². The lowest BCUT2D eigenvalue weighted by Crippen LogP contribution is -2.48. The molecule has 4 heteroatoms. The molecule has 1 atom stereocenters. The van der Waals surface area contributed by atoms with Gasteiger partial charge in [0.1, 0.15) is 0 Å². The van der Waals surface area contributed by atoms with Gasteiger partial charge in [0.05, 0.1) is 6.04 Å². The summed E-state index contributed by atoms with van der Waals surface area (Å²) >= 11 is 0. The minimum atomic E-state index is 0. The topological polar surface area (TPSA) is 32.3 Å². The van der Waals surface area contributed by atoms with Gasteiger partial charge in [-0.05, 0) is 24.0 Å². The molecule has 1 saturated heterocycles. The zero-order chi connectivity index (χ0) is 15.1. The van der Waals surface area contributed by atoms with Crippen LogP contribution in [0.25, 0.3) is 0 Å². The summed E-state index contributed by atoms with van der Waals surface area (Å²) in [7, 11) is 0. The molecule has 1 aromatic carbocycles. The van der Waals surface area contributed by atoms with Crippen molar-refractivity contribution in [2.24, 2.45) is 0 Å². The summed E-state index contributed by atoms with van der Waals surface area (Å²) in [5.41, 5.74) is 2.60. The molecule has 3 nitrogen and oxygen atoms in total. The molecule has 0 saturated carbocycles. The second-order valence-electron chi connectivity index (χ2n) is 5.86. The minimum absolute atomic E-state index is 0. The number of nitrogens with zero attached hydrogens (tertiary/aromatic N) is 1. The van der Waals surface area contributed by atoms with Gasteiger partial charge in [0.25, 0.3) is 0 Å². The Morgan fingerprint density at radius 1 is 1.23 bits per heavy atom. The monoisotopic (exact) mass is 324 g/mol. The Balaban J connectivity index is 0.00000242. The van der Waals surface area contributed by atoms with Crippen LogP contribution in [0.3, 0.4) is 0 Å². The number of piperazine rings is 1. The van der Waals surface area contributed by atoms with E-state index >= 15 is 0 Å². The number of amides is 1. The summed E-state index contributed by atoms with van der Waals surface area (Å²) in [5.74, 6) is 0.314. The Morgan fingerprint density at radius 2 is 1.95 bits per heavy atom. The number of nitrogens with one attached hydrogen (secondary N) is 1. The average molecular weight is 325 g/mol. The maximum atomic E-state index is 12.5. The van der Waals surface area contributed by atoms with Crippen molar-refractivity contribution in [3.63, 3.8) is 0 Å². The highest BCUT2D eigenvalue weighted by molar-refractivity contribution is 5.85. The van der Waals surface area contributed by atoms with Crippen LogP contribution in [-0.4, -0.2) is 30.4 Å². The van der Waals surface area contributed by atoms with Gasteiger partial charge in [-0.3, -0.25) is 4.79 Å². The lowest BCUT2D eigenvalue weighted by atomic mass is 10.00. The summed E-state index contributed by atoms with van der Waals surface area (Å²) in [6.45, 7) is 6.94. The smallest absolute Gasteiger partial charge is 0.223 e. The second-order valence-corrected chi connectivity index (χ2v) is 5.86. The highest BCUT2D eigenvalue weighted by Crippen LogP contribution is 2.24. The first-order valence-corrected chi connectivity index (χ1v) is 8.35. The van der Waals surface area contributed by atoms with Gasteiger partial charge in [0.2, 0.25) is 5.91 Å². The number of carbonyl (C=O) groups is 1. The van der Waals surface area contributed by atoms with Crippen molar-refractivity contribution in [3.05, 3.63) is 35.4 Å². The van der Waals surface area contributed by atoms with Crippen LogP contribution in [0, 0.1) is 0 Å². The van der Waals surface area contributed by atoms with Gasteiger partial charge in [-0.1, -0.05) is 51.0 Å². The Labute approximate surface area is 140 Å². The molecule has 0 aliphatic carbocycles. The first-order valence-electron chi connectivity index (χ1n) is 8.35. The SMILES string of the molecule is CCCCCC(=O)N1CCNCC1c1ccc(CC)cc1.Cl. The van der Waals surface area contributed by atoms with Crippen molar-refractivity contribution >= 4 is 18.3 Å². The van der Waals surface area contributed by atoms with Crippen molar-refractivity contribution in [2.45, 2.75) is 52.0 Å². The molecule has 1 aliphatic heterocycles. The number of aryl methyl sites for hydroxylation is 1. The van der Waals surface area contributed by atoms with E-state index in [2.05, 4.69) is 48.3 Å². The van der Waals surface area contributed by atoms with Crippen molar-refractivity contribution in [1.82, 2.24) is 10.2 Å². The quantitative estimate of drug-likeness (QED) is 0.809. The van der Waals surface area contributed by atoms with E-state index in [1.165, 1.54) is 11.1 Å². The fourth-order valence-corrected chi connectivity index (χ4v) is 2.95. The molecule has 1 fully saturated rings. The van der Waals surface area contributed by atoms with E-state index in [9.17, 15) is 4.79 Å². The largest absolute Gasteiger partial charge is 0.333 e. The molecule has 0 aromatic heterocycles. The van der Waals surface area contributed by atoms with Crippen molar-refractivity contribution in [2.75, 3.05) is 19.6 Å². The third-order valence-corrected chi connectivity index (χ3v) is 4.33. The molecule has 1 aromatic rings. The second kappa shape index (κ2) is 9.86. The first-order chi connectivity index (χ1) is 10.3. The Kier molecular flexibility index (Phi) is 8.51. The molecular weight excluding hydrogens is 296 g/mol. The summed E-state index contributed by atoms with van der Waals surface area (Å²) in [6.07, 6.45) is 5.07. The number of rotatable bonds is 6. The van der Waals surface area contributed by atoms with Gasteiger partial charge >= 0.3 is 0 Å². The van der Waals surface area contributed by atoms with E-state index in [0.29, 0.717) is 12.3 Å². The normalized spacial score (nSPS) is 17.9. The van der Waals surface area contributed by atoms with Crippen LogP contribution < -0.4 is 5.32 Å². The fourth-order valence-electron chi connectivity index (χ4n) is 2.95. The summed E-state index contributed by atoms with van der Waals surface area (Å²) in [4.78, 5) is 14.6. The predicted octanol–water partition coefficient (Wildman–Crippen LogP) is 3.72. The fraction of sp³-hybridized carbons (Fsp3) is 0.611. The number of halogens is 1. The van der Waals surface area contributed by atoms with Crippen molar-refractivity contribution in [3.8, 4) is 0 Å². The number of carbonyl (C=O) groups excluding carboxylic acids is 1. The van der Waals surface area contributed by atoms with Crippen LogP contribution in [0.4, 0.5) is 0 Å². The molecule has 1 unspecified atom stereocenters. The van der Waals surface area contributed by atoms with E-state index in [-0.39, 0.29) is 18.4 Å². The molecule has 0 radical (unpaired) electrons. The number of unbranched alkanes of at least 4 members (excludes halogenated alkanes) is 2. The number of hydrogen-bond donors (Lipinski definition) is 1. The van der Waals surface area contributed by atoms with Gasteiger partial charge in [0.15, 0.2) is 0 Å². The summed E-state index contributed by atoms with van der Waals surface area (Å²) in [5, 5.41) is 3.42. The van der Waals surface area contributed by atoms with Crippen LogP contribution in [0.5, 0.6) is 0 Å². The maximum absolute atomic E-state index is 12.5. The van der Waals surface area contributed by atoms with Gasteiger partial charge in [-0.15, -0.1) is 12.4 Å². The van der Waals surface area contributed by atoms with Gasteiger partial charge in [-0.25, -0.2) is 0 Å².